The average Bonchev–Trinajstić information content (AvgIpc) is 3.63. The predicted octanol–water partition coefficient (Wildman–Crippen LogP) is 4.64. The van der Waals surface area contributed by atoms with Gasteiger partial charge in [-0.1, -0.05) is 56.3 Å². The topological polar surface area (TPSA) is 133 Å². The van der Waals surface area contributed by atoms with Gasteiger partial charge in [0.25, 0.3) is 0 Å². The number of hydrogen-bond donors (Lipinski definition) is 2. The molecular formula is C38H44N2O9. The summed E-state index contributed by atoms with van der Waals surface area (Å²) in [5, 5.41) is 16.6. The van der Waals surface area contributed by atoms with Crippen LogP contribution in [0.25, 0.3) is 0 Å². The van der Waals surface area contributed by atoms with E-state index in [-0.39, 0.29) is 28.9 Å². The number of likely N-dealkylation sites (tertiary alicyclic amines) is 1. The molecule has 7 atom stereocenters. The molecule has 0 spiro atoms. The fraction of sp³-hybridized carbons (Fsp3) is 0.447. The normalized spacial score (nSPS) is 27.4. The highest BCUT2D eigenvalue weighted by Crippen LogP contribution is 2.69. The fourth-order valence-electron chi connectivity index (χ4n) is 7.93. The van der Waals surface area contributed by atoms with Gasteiger partial charge in [0.2, 0.25) is 11.8 Å². The van der Waals surface area contributed by atoms with E-state index in [1.807, 2.05) is 44.2 Å². The van der Waals surface area contributed by atoms with Gasteiger partial charge in [0, 0.05) is 43.0 Å². The van der Waals surface area contributed by atoms with Crippen LogP contribution >= 0.6 is 0 Å². The van der Waals surface area contributed by atoms with Crippen molar-refractivity contribution in [2.75, 3.05) is 27.9 Å². The Hall–Kier alpha value is -4.77. The average molecular weight is 673 g/mol. The maximum atomic E-state index is 15.4. The molecule has 0 radical (unpaired) electrons. The van der Waals surface area contributed by atoms with Crippen LogP contribution in [-0.2, 0) is 30.3 Å². The van der Waals surface area contributed by atoms with Gasteiger partial charge in [0.1, 0.15) is 29.2 Å². The molecule has 1 saturated carbocycles. The summed E-state index contributed by atoms with van der Waals surface area (Å²) in [6.45, 7) is 5.41. The second-order valence-corrected chi connectivity index (χ2v) is 13.0. The minimum absolute atomic E-state index is 0.148. The van der Waals surface area contributed by atoms with Gasteiger partial charge in [0.15, 0.2) is 17.3 Å². The summed E-state index contributed by atoms with van der Waals surface area (Å²) >= 11 is 0. The molecule has 11 heteroatoms. The Morgan fingerprint density at radius 3 is 2.31 bits per heavy atom. The highest BCUT2D eigenvalue weighted by molar-refractivity contribution is 5.86. The van der Waals surface area contributed by atoms with Crippen LogP contribution in [0.1, 0.15) is 62.6 Å². The largest absolute Gasteiger partial charge is 0.497 e. The van der Waals surface area contributed by atoms with Crippen LogP contribution in [0.15, 0.2) is 66.7 Å². The second kappa shape index (κ2) is 13.3. The van der Waals surface area contributed by atoms with Crippen LogP contribution < -0.4 is 24.3 Å². The molecule has 49 heavy (non-hydrogen) atoms. The molecule has 0 aromatic heterocycles. The van der Waals surface area contributed by atoms with Gasteiger partial charge < -0.3 is 39.0 Å². The first-order valence-electron chi connectivity index (χ1n) is 16.7. The maximum Gasteiger partial charge on any atom is 0.303 e. The van der Waals surface area contributed by atoms with Crippen molar-refractivity contribution in [2.24, 2.45) is 11.8 Å². The first kappa shape index (κ1) is 34.1. The lowest BCUT2D eigenvalue weighted by molar-refractivity contribution is -0.196. The fourth-order valence-corrected chi connectivity index (χ4v) is 7.93. The zero-order valence-electron chi connectivity index (χ0n) is 28.7. The maximum absolute atomic E-state index is 15.4. The molecule has 2 N–H and O–H groups in total. The molecule has 2 heterocycles. The van der Waals surface area contributed by atoms with Gasteiger partial charge in [0.05, 0.1) is 32.8 Å². The summed E-state index contributed by atoms with van der Waals surface area (Å²) in [6, 6.07) is 19.7. The van der Waals surface area contributed by atoms with E-state index in [9.17, 15) is 14.7 Å². The van der Waals surface area contributed by atoms with Crippen molar-refractivity contribution in [2.45, 2.75) is 69.4 Å². The molecule has 2 fully saturated rings. The molecule has 3 aliphatic rings. The van der Waals surface area contributed by atoms with Crippen LogP contribution in [0.5, 0.6) is 23.0 Å². The zero-order valence-corrected chi connectivity index (χ0v) is 28.7. The quantitative estimate of drug-likeness (QED) is 0.296. The Bertz CT molecular complexity index is 1710. The lowest BCUT2D eigenvalue weighted by atomic mass is 9.75. The number of amides is 2. The van der Waals surface area contributed by atoms with Crippen molar-refractivity contribution >= 4 is 17.8 Å². The SMILES string of the molecule is CCC(C)C(=O)N[C@@H]1CCCN1C(=O)[C@H]1[C@H](c2ccccc2)[C@]2(c3ccc(OC)cc3)Oc3cc(OC)cc(OC)c3[C@@]1(O)[C@@H]2OC(C)=O. The molecule has 260 valence electrons. The molecule has 6 rings (SSSR count). The summed E-state index contributed by atoms with van der Waals surface area (Å²) in [7, 11) is 4.52. The first-order chi connectivity index (χ1) is 23.5. The van der Waals surface area contributed by atoms with E-state index in [1.165, 1.54) is 21.1 Å². The van der Waals surface area contributed by atoms with Crippen molar-refractivity contribution < 1.29 is 43.2 Å². The van der Waals surface area contributed by atoms with E-state index in [4.69, 9.17) is 23.7 Å². The Labute approximate surface area is 286 Å². The standard InChI is InChI=1S/C38H44N2O9/c1-7-22(2)34(42)39-30-14-11-19-40(30)35(43)33-31(24-12-9-8-10-13-24)38(25-15-17-26(45-4)18-16-25)36(48-23(3)41)37(33,44)32-28(47-6)20-27(46-5)21-29(32)49-38/h8-10,12-13,15-18,20-22,30-31,33,36,44H,7,11,14,19H2,1-6H3,(H,39,42)/t22?,30-,31-,33+,36-,37-,38-/m0/s1. The van der Waals surface area contributed by atoms with Crippen LogP contribution in [0, 0.1) is 11.8 Å². The third kappa shape index (κ3) is 5.44. The molecule has 3 aromatic carbocycles. The number of carbonyl (C=O) groups is 3. The molecule has 2 amide bonds. The Morgan fingerprint density at radius 1 is 1.00 bits per heavy atom. The lowest BCUT2D eigenvalue weighted by Gasteiger charge is -2.46. The summed E-state index contributed by atoms with van der Waals surface area (Å²) < 4.78 is 30.2. The number of benzene rings is 3. The number of nitrogens with one attached hydrogen (secondary N) is 1. The molecule has 3 aromatic rings. The number of esters is 1. The summed E-state index contributed by atoms with van der Waals surface area (Å²) in [4.78, 5) is 43.2. The van der Waals surface area contributed by atoms with Gasteiger partial charge in [-0.2, -0.15) is 0 Å². The molecule has 1 aliphatic carbocycles. The van der Waals surface area contributed by atoms with Gasteiger partial charge >= 0.3 is 5.97 Å². The van der Waals surface area contributed by atoms with E-state index in [0.717, 1.165) is 0 Å². The molecule has 2 bridgehead atoms. The van der Waals surface area contributed by atoms with Gasteiger partial charge in [-0.15, -0.1) is 0 Å². The van der Waals surface area contributed by atoms with Gasteiger partial charge in [-0.05, 0) is 37.0 Å². The van der Waals surface area contributed by atoms with Crippen molar-refractivity contribution in [3.63, 3.8) is 0 Å². The smallest absolute Gasteiger partial charge is 0.303 e. The number of nitrogens with zero attached hydrogens (tertiary/aromatic N) is 1. The van der Waals surface area contributed by atoms with Gasteiger partial charge in [-0.3, -0.25) is 14.4 Å². The number of ether oxygens (including phenoxy) is 5. The van der Waals surface area contributed by atoms with Crippen LogP contribution in [0.4, 0.5) is 0 Å². The summed E-state index contributed by atoms with van der Waals surface area (Å²) in [5.74, 6) is -2.24. The van der Waals surface area contributed by atoms with E-state index in [2.05, 4.69) is 5.32 Å². The van der Waals surface area contributed by atoms with E-state index in [1.54, 1.807) is 48.4 Å². The highest BCUT2D eigenvalue weighted by Gasteiger charge is 2.78. The number of fused-ring (bicyclic) bond motifs is 4. The summed E-state index contributed by atoms with van der Waals surface area (Å²) in [6.07, 6.45) is -0.147. The Balaban J connectivity index is 1.66. The van der Waals surface area contributed by atoms with Crippen molar-refractivity contribution in [3.05, 3.63) is 83.4 Å². The number of carbonyl (C=O) groups excluding carboxylic acids is 3. The Morgan fingerprint density at radius 2 is 1.69 bits per heavy atom. The van der Waals surface area contributed by atoms with E-state index >= 15 is 4.79 Å². The van der Waals surface area contributed by atoms with Crippen molar-refractivity contribution in [3.8, 4) is 23.0 Å². The lowest BCUT2D eigenvalue weighted by Crippen LogP contribution is -2.57. The summed E-state index contributed by atoms with van der Waals surface area (Å²) in [5.41, 5.74) is -2.40. The molecular weight excluding hydrogens is 628 g/mol. The zero-order chi connectivity index (χ0) is 35.1. The van der Waals surface area contributed by atoms with Crippen LogP contribution in [-0.4, -0.2) is 67.9 Å². The number of aliphatic hydroxyl groups is 1. The number of hydrogen-bond acceptors (Lipinski definition) is 9. The predicted molar refractivity (Wildman–Crippen MR) is 179 cm³/mol. The first-order valence-corrected chi connectivity index (χ1v) is 16.7. The Kier molecular flexibility index (Phi) is 9.23. The molecule has 2 aliphatic heterocycles. The van der Waals surface area contributed by atoms with Crippen molar-refractivity contribution in [1.82, 2.24) is 10.2 Å². The van der Waals surface area contributed by atoms with E-state index < -0.39 is 47.2 Å². The second-order valence-electron chi connectivity index (χ2n) is 13.0. The van der Waals surface area contributed by atoms with Crippen LogP contribution in [0.2, 0.25) is 0 Å². The molecule has 11 nitrogen and oxygen atoms in total. The van der Waals surface area contributed by atoms with Crippen LogP contribution in [0.3, 0.4) is 0 Å². The monoisotopic (exact) mass is 672 g/mol. The highest BCUT2D eigenvalue weighted by atomic mass is 16.6. The molecule has 1 saturated heterocycles. The minimum Gasteiger partial charge on any atom is -0.497 e. The van der Waals surface area contributed by atoms with Crippen molar-refractivity contribution in [1.29, 1.82) is 0 Å². The number of rotatable bonds is 10. The molecule has 1 unspecified atom stereocenters. The van der Waals surface area contributed by atoms with E-state index in [0.29, 0.717) is 48.4 Å². The minimum atomic E-state index is -2.18. The number of methoxy groups -OCH3 is 3. The third-order valence-electron chi connectivity index (χ3n) is 10.4. The third-order valence-corrected chi connectivity index (χ3v) is 10.4. The van der Waals surface area contributed by atoms with Gasteiger partial charge in [-0.25, -0.2) is 0 Å².